The monoisotopic (exact) mass is 311 g/mol. The van der Waals surface area contributed by atoms with E-state index in [-0.39, 0.29) is 17.9 Å². The Morgan fingerprint density at radius 1 is 1.38 bits per heavy atom. The van der Waals surface area contributed by atoms with Crippen molar-refractivity contribution in [1.82, 2.24) is 15.6 Å². The molecule has 0 radical (unpaired) electrons. The van der Waals surface area contributed by atoms with Gasteiger partial charge in [-0.2, -0.15) is 0 Å². The molecule has 1 aromatic heterocycles. The molecule has 0 bridgehead atoms. The Morgan fingerprint density at radius 3 is 2.81 bits per heavy atom. The first-order valence-electron chi connectivity index (χ1n) is 7.21. The maximum atomic E-state index is 11.7. The lowest BCUT2D eigenvalue weighted by atomic mass is 9.79. The fraction of sp³-hybridized carbons (Fsp3) is 0.643. The van der Waals surface area contributed by atoms with E-state index in [0.29, 0.717) is 19.5 Å². The lowest BCUT2D eigenvalue weighted by molar-refractivity contribution is -0.144. The Kier molecular flexibility index (Phi) is 5.55. The number of hydrogen-bond donors (Lipinski definition) is 3. The largest absolute Gasteiger partial charge is 0.481 e. The van der Waals surface area contributed by atoms with Gasteiger partial charge in [-0.15, -0.1) is 11.3 Å². The van der Waals surface area contributed by atoms with Gasteiger partial charge in [-0.1, -0.05) is 12.8 Å². The van der Waals surface area contributed by atoms with Crippen LogP contribution >= 0.6 is 11.3 Å². The summed E-state index contributed by atoms with van der Waals surface area (Å²) >= 11 is 1.55. The minimum atomic E-state index is -0.750. The summed E-state index contributed by atoms with van der Waals surface area (Å²) < 4.78 is 0. The van der Waals surface area contributed by atoms with Gasteiger partial charge in [-0.3, -0.25) is 4.79 Å². The van der Waals surface area contributed by atoms with Crippen molar-refractivity contribution in [2.24, 2.45) is 11.8 Å². The van der Waals surface area contributed by atoms with E-state index < -0.39 is 5.97 Å². The molecule has 1 aliphatic carbocycles. The van der Waals surface area contributed by atoms with Crippen LogP contribution in [0.4, 0.5) is 4.79 Å². The molecule has 0 aromatic carbocycles. The average molecular weight is 311 g/mol. The first-order chi connectivity index (χ1) is 10.1. The summed E-state index contributed by atoms with van der Waals surface area (Å²) in [5, 5.41) is 17.6. The Balaban J connectivity index is 1.73. The number of amides is 2. The molecule has 2 amide bonds. The molecule has 2 unspecified atom stereocenters. The van der Waals surface area contributed by atoms with Crippen LogP contribution in [0.25, 0.3) is 0 Å². The van der Waals surface area contributed by atoms with E-state index >= 15 is 0 Å². The van der Waals surface area contributed by atoms with Crippen LogP contribution in [0.3, 0.4) is 0 Å². The zero-order chi connectivity index (χ0) is 15.2. The van der Waals surface area contributed by atoms with Crippen LogP contribution in [0, 0.1) is 18.8 Å². The lowest BCUT2D eigenvalue weighted by Gasteiger charge is -2.28. The first-order valence-corrected chi connectivity index (χ1v) is 8.09. The number of carbonyl (C=O) groups excluding carboxylic acids is 1. The number of carbonyl (C=O) groups is 2. The summed E-state index contributed by atoms with van der Waals surface area (Å²) in [6, 6.07) is -0.268. The highest BCUT2D eigenvalue weighted by Gasteiger charge is 2.30. The number of urea groups is 1. The second kappa shape index (κ2) is 7.40. The van der Waals surface area contributed by atoms with E-state index in [1.54, 1.807) is 11.3 Å². The van der Waals surface area contributed by atoms with E-state index in [2.05, 4.69) is 15.6 Å². The van der Waals surface area contributed by atoms with Crippen molar-refractivity contribution in [2.75, 3.05) is 6.54 Å². The molecule has 3 N–H and O–H groups in total. The Morgan fingerprint density at radius 2 is 2.14 bits per heavy atom. The number of aliphatic carboxylic acids is 1. The van der Waals surface area contributed by atoms with Crippen LogP contribution in [0.5, 0.6) is 0 Å². The van der Waals surface area contributed by atoms with E-state index in [9.17, 15) is 14.7 Å². The van der Waals surface area contributed by atoms with Crippen LogP contribution in [-0.2, 0) is 11.3 Å². The highest BCUT2D eigenvalue weighted by molar-refractivity contribution is 7.09. The van der Waals surface area contributed by atoms with Crippen LogP contribution in [0.2, 0.25) is 0 Å². The van der Waals surface area contributed by atoms with Gasteiger partial charge >= 0.3 is 12.0 Å². The van der Waals surface area contributed by atoms with Crippen molar-refractivity contribution >= 4 is 23.3 Å². The van der Waals surface area contributed by atoms with Gasteiger partial charge in [0, 0.05) is 11.9 Å². The summed E-state index contributed by atoms with van der Waals surface area (Å²) in [5.41, 5.74) is 0.841. The highest BCUT2D eigenvalue weighted by atomic mass is 32.1. The van der Waals surface area contributed by atoms with Crippen LogP contribution < -0.4 is 10.6 Å². The maximum Gasteiger partial charge on any atom is 0.315 e. The summed E-state index contributed by atoms with van der Waals surface area (Å²) in [4.78, 5) is 27.2. The van der Waals surface area contributed by atoms with Gasteiger partial charge in [0.25, 0.3) is 0 Å². The number of nitrogens with zero attached hydrogens (tertiary/aromatic N) is 1. The molecule has 7 heteroatoms. The molecule has 1 saturated carbocycles. The van der Waals surface area contributed by atoms with Crippen molar-refractivity contribution < 1.29 is 14.7 Å². The maximum absolute atomic E-state index is 11.7. The third-order valence-corrected chi connectivity index (χ3v) is 4.67. The van der Waals surface area contributed by atoms with Crippen molar-refractivity contribution in [3.63, 3.8) is 0 Å². The Labute approximate surface area is 128 Å². The SMILES string of the molecule is Cc1nc(CNC(=O)NCC2CCCCC2C(=O)O)cs1. The molecule has 116 valence electrons. The van der Waals surface area contributed by atoms with E-state index in [4.69, 9.17) is 0 Å². The number of thiazole rings is 1. The molecule has 1 fully saturated rings. The minimum absolute atomic E-state index is 0.0310. The molecule has 1 aromatic rings. The van der Waals surface area contributed by atoms with Gasteiger partial charge in [-0.05, 0) is 25.7 Å². The standard InChI is InChI=1S/C14H21N3O3S/c1-9-17-11(8-21-9)7-16-14(20)15-6-10-4-2-3-5-12(10)13(18)19/h8,10,12H,2-7H2,1H3,(H,18,19)(H2,15,16,20). The Hall–Kier alpha value is -1.63. The quantitative estimate of drug-likeness (QED) is 0.777. The fourth-order valence-corrected chi connectivity index (χ4v) is 3.34. The summed E-state index contributed by atoms with van der Waals surface area (Å²) in [6.45, 7) is 2.73. The number of aryl methyl sites for hydroxylation is 1. The molecule has 2 rings (SSSR count). The number of aromatic nitrogens is 1. The van der Waals surface area contributed by atoms with Crippen molar-refractivity contribution in [3.05, 3.63) is 16.1 Å². The number of hydrogen-bond acceptors (Lipinski definition) is 4. The van der Waals surface area contributed by atoms with Gasteiger partial charge in [0.15, 0.2) is 0 Å². The number of rotatable bonds is 5. The lowest BCUT2D eigenvalue weighted by Crippen LogP contribution is -2.41. The normalized spacial score (nSPS) is 21.8. The number of carboxylic acid groups (broad SMARTS) is 1. The molecule has 0 aliphatic heterocycles. The molecule has 6 nitrogen and oxygen atoms in total. The first kappa shape index (κ1) is 15.8. The summed E-state index contributed by atoms with van der Waals surface area (Å²) in [6.07, 6.45) is 3.57. The molecule has 0 saturated heterocycles. The van der Waals surface area contributed by atoms with Crippen molar-refractivity contribution in [2.45, 2.75) is 39.2 Å². The number of carboxylic acids is 1. The predicted octanol–water partition coefficient (Wildman–Crippen LogP) is 2.14. The molecule has 0 spiro atoms. The molecular weight excluding hydrogens is 290 g/mol. The molecule has 21 heavy (non-hydrogen) atoms. The van der Waals surface area contributed by atoms with Crippen molar-refractivity contribution in [1.29, 1.82) is 0 Å². The smallest absolute Gasteiger partial charge is 0.315 e. The molecule has 2 atom stereocenters. The van der Waals surface area contributed by atoms with Crippen molar-refractivity contribution in [3.8, 4) is 0 Å². The van der Waals surface area contributed by atoms with Gasteiger partial charge in [-0.25, -0.2) is 9.78 Å². The highest BCUT2D eigenvalue weighted by Crippen LogP contribution is 2.29. The van der Waals surface area contributed by atoms with Crippen LogP contribution in [0.15, 0.2) is 5.38 Å². The Bertz CT molecular complexity index is 503. The van der Waals surface area contributed by atoms with Crippen LogP contribution in [0.1, 0.15) is 36.4 Å². The second-order valence-corrected chi connectivity index (χ2v) is 6.47. The zero-order valence-electron chi connectivity index (χ0n) is 12.1. The topological polar surface area (TPSA) is 91.3 Å². The minimum Gasteiger partial charge on any atom is -0.481 e. The summed E-state index contributed by atoms with van der Waals surface area (Å²) in [5.74, 6) is -1.05. The van der Waals surface area contributed by atoms with E-state index in [1.165, 1.54) is 0 Å². The molecule has 1 aliphatic rings. The molecular formula is C14H21N3O3S. The van der Waals surface area contributed by atoms with Crippen LogP contribution in [-0.4, -0.2) is 28.6 Å². The van der Waals surface area contributed by atoms with Gasteiger partial charge in [0.2, 0.25) is 0 Å². The van der Waals surface area contributed by atoms with E-state index in [0.717, 1.165) is 30.0 Å². The number of nitrogens with one attached hydrogen (secondary N) is 2. The third-order valence-electron chi connectivity index (χ3n) is 3.85. The van der Waals surface area contributed by atoms with E-state index in [1.807, 2.05) is 12.3 Å². The average Bonchev–Trinajstić information content (AvgIpc) is 2.88. The van der Waals surface area contributed by atoms with Gasteiger partial charge < -0.3 is 15.7 Å². The predicted molar refractivity (Wildman–Crippen MR) is 80.2 cm³/mol. The molecule has 1 heterocycles. The second-order valence-electron chi connectivity index (χ2n) is 5.41. The third kappa shape index (κ3) is 4.70. The van der Waals surface area contributed by atoms with Gasteiger partial charge in [0.05, 0.1) is 23.2 Å². The summed E-state index contributed by atoms with van der Waals surface area (Å²) in [7, 11) is 0. The van der Waals surface area contributed by atoms with Gasteiger partial charge in [0.1, 0.15) is 0 Å². The zero-order valence-corrected chi connectivity index (χ0v) is 12.9. The fourth-order valence-electron chi connectivity index (χ4n) is 2.72.